The molecule has 1 aromatic heterocycles. The van der Waals surface area contributed by atoms with Crippen molar-refractivity contribution in [1.82, 2.24) is 10.2 Å². The Morgan fingerprint density at radius 3 is 2.64 bits per heavy atom. The summed E-state index contributed by atoms with van der Waals surface area (Å²) in [5.41, 5.74) is 0.211. The number of amides is 4. The molecule has 4 rings (SSSR count). The van der Waals surface area contributed by atoms with Crippen LogP contribution in [0.1, 0.15) is 21.9 Å². The Bertz CT molecular complexity index is 1490. The monoisotopic (exact) mass is 601 g/mol. The number of esters is 1. The van der Waals surface area contributed by atoms with Crippen LogP contribution in [0.3, 0.4) is 0 Å². The third kappa shape index (κ3) is 6.26. The SMILES string of the molecule is COC(=O)c1ccc(CN2C(=O)N/C(=C\c3cc(Br)cc(OC)c3OCC(=O)Nc3ccccc3F)C2=O)o1. The van der Waals surface area contributed by atoms with Gasteiger partial charge >= 0.3 is 12.0 Å². The lowest BCUT2D eigenvalue weighted by Gasteiger charge is -2.15. The van der Waals surface area contributed by atoms with Gasteiger partial charge in [0.15, 0.2) is 18.1 Å². The quantitative estimate of drug-likeness (QED) is 0.213. The van der Waals surface area contributed by atoms with Gasteiger partial charge in [0.2, 0.25) is 5.76 Å². The minimum Gasteiger partial charge on any atom is -0.493 e. The molecule has 0 atom stereocenters. The van der Waals surface area contributed by atoms with Gasteiger partial charge in [-0.2, -0.15) is 0 Å². The zero-order chi connectivity index (χ0) is 28.1. The van der Waals surface area contributed by atoms with Gasteiger partial charge < -0.3 is 29.3 Å². The Kier molecular flexibility index (Phi) is 8.30. The van der Waals surface area contributed by atoms with E-state index in [4.69, 9.17) is 13.9 Å². The van der Waals surface area contributed by atoms with Crippen molar-refractivity contribution >= 4 is 51.5 Å². The number of hydrogen-bond donors (Lipinski definition) is 2. The summed E-state index contributed by atoms with van der Waals surface area (Å²) in [6.07, 6.45) is 1.36. The van der Waals surface area contributed by atoms with Gasteiger partial charge in [0, 0.05) is 10.0 Å². The smallest absolute Gasteiger partial charge is 0.373 e. The van der Waals surface area contributed by atoms with E-state index in [0.717, 1.165) is 4.90 Å². The van der Waals surface area contributed by atoms with E-state index in [2.05, 4.69) is 31.3 Å². The highest BCUT2D eigenvalue weighted by molar-refractivity contribution is 9.10. The van der Waals surface area contributed by atoms with Crippen LogP contribution in [0.2, 0.25) is 0 Å². The van der Waals surface area contributed by atoms with Crippen molar-refractivity contribution < 1.29 is 42.2 Å². The van der Waals surface area contributed by atoms with Crippen molar-refractivity contribution in [2.75, 3.05) is 26.1 Å². The lowest BCUT2D eigenvalue weighted by molar-refractivity contribution is -0.123. The predicted octanol–water partition coefficient (Wildman–Crippen LogP) is 4.09. The average molecular weight is 602 g/mol. The molecule has 2 N–H and O–H groups in total. The van der Waals surface area contributed by atoms with Gasteiger partial charge in [-0.1, -0.05) is 28.1 Å². The zero-order valence-electron chi connectivity index (χ0n) is 20.6. The molecule has 2 heterocycles. The molecule has 1 saturated heterocycles. The van der Waals surface area contributed by atoms with Gasteiger partial charge in [0.25, 0.3) is 11.8 Å². The number of para-hydroxylation sites is 1. The van der Waals surface area contributed by atoms with Crippen LogP contribution in [-0.2, 0) is 20.9 Å². The van der Waals surface area contributed by atoms with Crippen LogP contribution in [0, 0.1) is 5.82 Å². The highest BCUT2D eigenvalue weighted by Crippen LogP contribution is 2.36. The largest absolute Gasteiger partial charge is 0.493 e. The van der Waals surface area contributed by atoms with Crippen molar-refractivity contribution in [2.24, 2.45) is 0 Å². The Balaban J connectivity index is 1.54. The standard InChI is InChI=1S/C26H21BrFN3O8/c1-36-21-11-15(27)9-14(23(21)38-13-22(32)29-18-6-4-3-5-17(18)28)10-19-24(33)31(26(35)30-19)12-16-7-8-20(39-16)25(34)37-2/h3-11H,12-13H2,1-2H3,(H,29,32)(H,30,35)/b19-10-. The third-order valence-corrected chi connectivity index (χ3v) is 5.85. The molecule has 0 bridgehead atoms. The second-order valence-corrected chi connectivity index (χ2v) is 8.90. The molecule has 1 fully saturated rings. The average Bonchev–Trinajstić information content (AvgIpc) is 3.49. The summed E-state index contributed by atoms with van der Waals surface area (Å²) >= 11 is 3.35. The van der Waals surface area contributed by atoms with Crippen molar-refractivity contribution in [3.05, 3.63) is 81.6 Å². The van der Waals surface area contributed by atoms with Crippen LogP contribution in [-0.4, -0.2) is 49.5 Å². The fraction of sp³-hybridized carbons (Fsp3) is 0.154. The Morgan fingerprint density at radius 1 is 1.15 bits per heavy atom. The molecule has 39 heavy (non-hydrogen) atoms. The molecule has 3 aromatic rings. The summed E-state index contributed by atoms with van der Waals surface area (Å²) in [5.74, 6) is -2.15. The number of carbonyl (C=O) groups is 4. The van der Waals surface area contributed by atoms with Gasteiger partial charge in [0.05, 0.1) is 26.5 Å². The summed E-state index contributed by atoms with van der Waals surface area (Å²) in [6, 6.07) is 11.0. The molecular weight excluding hydrogens is 581 g/mol. The number of hydrogen-bond acceptors (Lipinski definition) is 8. The molecule has 202 valence electrons. The van der Waals surface area contributed by atoms with Crippen molar-refractivity contribution in [2.45, 2.75) is 6.54 Å². The van der Waals surface area contributed by atoms with Crippen molar-refractivity contribution in [1.29, 1.82) is 0 Å². The lowest BCUT2D eigenvalue weighted by atomic mass is 10.1. The molecule has 11 nitrogen and oxygen atoms in total. The van der Waals surface area contributed by atoms with E-state index in [-0.39, 0.29) is 40.9 Å². The van der Waals surface area contributed by atoms with E-state index in [1.165, 1.54) is 50.6 Å². The molecule has 4 amide bonds. The first kappa shape index (κ1) is 27.4. The number of halogens is 2. The number of anilines is 1. The number of nitrogens with one attached hydrogen (secondary N) is 2. The molecule has 0 aliphatic carbocycles. The molecule has 13 heteroatoms. The first-order valence-corrected chi connectivity index (χ1v) is 12.1. The fourth-order valence-electron chi connectivity index (χ4n) is 3.59. The number of rotatable bonds is 9. The number of methoxy groups -OCH3 is 2. The number of furan rings is 1. The highest BCUT2D eigenvalue weighted by atomic mass is 79.9. The van der Waals surface area contributed by atoms with Crippen LogP contribution in [0.5, 0.6) is 11.5 Å². The zero-order valence-corrected chi connectivity index (χ0v) is 22.2. The van der Waals surface area contributed by atoms with Gasteiger partial charge in [-0.25, -0.2) is 14.0 Å². The highest BCUT2D eigenvalue weighted by Gasteiger charge is 2.35. The normalized spacial score (nSPS) is 13.8. The maximum absolute atomic E-state index is 13.9. The number of imide groups is 1. The summed E-state index contributed by atoms with van der Waals surface area (Å²) < 4.78 is 35.4. The minimum absolute atomic E-state index is 0.00849. The Morgan fingerprint density at radius 2 is 1.92 bits per heavy atom. The second-order valence-electron chi connectivity index (χ2n) is 7.98. The fourth-order valence-corrected chi connectivity index (χ4v) is 4.04. The first-order chi connectivity index (χ1) is 18.7. The summed E-state index contributed by atoms with van der Waals surface area (Å²) in [7, 11) is 2.59. The van der Waals surface area contributed by atoms with Crippen LogP contribution in [0.15, 0.2) is 63.1 Å². The van der Waals surface area contributed by atoms with Crippen LogP contribution >= 0.6 is 15.9 Å². The van der Waals surface area contributed by atoms with E-state index in [1.54, 1.807) is 18.2 Å². The summed E-state index contributed by atoms with van der Waals surface area (Å²) in [4.78, 5) is 50.5. The summed E-state index contributed by atoms with van der Waals surface area (Å²) in [6.45, 7) is -0.740. The van der Waals surface area contributed by atoms with E-state index in [1.807, 2.05) is 0 Å². The molecular formula is C26H21BrFN3O8. The molecule has 0 spiro atoms. The van der Waals surface area contributed by atoms with Gasteiger partial charge in [-0.05, 0) is 42.5 Å². The second kappa shape index (κ2) is 11.8. The molecule has 1 aliphatic heterocycles. The van der Waals surface area contributed by atoms with Gasteiger partial charge in [-0.15, -0.1) is 0 Å². The number of ether oxygens (including phenoxy) is 3. The van der Waals surface area contributed by atoms with E-state index in [9.17, 15) is 23.6 Å². The number of benzene rings is 2. The van der Waals surface area contributed by atoms with Crippen LogP contribution in [0.25, 0.3) is 6.08 Å². The molecule has 1 aliphatic rings. The maximum Gasteiger partial charge on any atom is 0.373 e. The van der Waals surface area contributed by atoms with E-state index in [0.29, 0.717) is 10.0 Å². The van der Waals surface area contributed by atoms with Gasteiger partial charge in [-0.3, -0.25) is 14.5 Å². The van der Waals surface area contributed by atoms with Crippen molar-refractivity contribution in [3.8, 4) is 11.5 Å². The molecule has 0 radical (unpaired) electrons. The van der Waals surface area contributed by atoms with Crippen molar-refractivity contribution in [3.63, 3.8) is 0 Å². The molecule has 0 unspecified atom stereocenters. The van der Waals surface area contributed by atoms with E-state index >= 15 is 0 Å². The minimum atomic E-state index is -0.712. The topological polar surface area (TPSA) is 136 Å². The third-order valence-electron chi connectivity index (χ3n) is 5.39. The predicted molar refractivity (Wildman–Crippen MR) is 138 cm³/mol. The molecule has 0 saturated carbocycles. The number of urea groups is 1. The number of nitrogens with zero attached hydrogens (tertiary/aromatic N) is 1. The number of carbonyl (C=O) groups excluding carboxylic acids is 4. The summed E-state index contributed by atoms with van der Waals surface area (Å²) in [5, 5.41) is 4.90. The van der Waals surface area contributed by atoms with Crippen LogP contribution < -0.4 is 20.1 Å². The maximum atomic E-state index is 13.9. The first-order valence-electron chi connectivity index (χ1n) is 11.3. The Hall–Kier alpha value is -4.65. The van der Waals surface area contributed by atoms with Crippen LogP contribution in [0.4, 0.5) is 14.9 Å². The van der Waals surface area contributed by atoms with Gasteiger partial charge in [0.1, 0.15) is 17.3 Å². The lowest BCUT2D eigenvalue weighted by Crippen LogP contribution is -2.30. The van der Waals surface area contributed by atoms with E-state index < -0.39 is 36.2 Å². The Labute approximate surface area is 229 Å². The molecule has 2 aromatic carbocycles.